The van der Waals surface area contributed by atoms with Crippen LogP contribution in [0.1, 0.15) is 25.7 Å². The Bertz CT molecular complexity index is 372. The van der Waals surface area contributed by atoms with E-state index in [1.807, 2.05) is 0 Å². The summed E-state index contributed by atoms with van der Waals surface area (Å²) in [5.74, 6) is -0.756. The van der Waals surface area contributed by atoms with Crippen LogP contribution in [0.3, 0.4) is 0 Å². The quantitative estimate of drug-likeness (QED) is 0.820. The Balaban J connectivity index is 2.21. The van der Waals surface area contributed by atoms with Crippen LogP contribution in [0.25, 0.3) is 0 Å². The molecule has 1 fully saturated rings. The van der Waals surface area contributed by atoms with E-state index >= 15 is 0 Å². The molecule has 0 radical (unpaired) electrons. The summed E-state index contributed by atoms with van der Waals surface area (Å²) < 4.78 is 0.788. The predicted molar refractivity (Wildman–Crippen MR) is 53.5 cm³/mol. The number of hydrogen-bond donors (Lipinski definition) is 1. The molecule has 7 heteroatoms. The molecule has 6 nitrogen and oxygen atoms in total. The molecule has 0 saturated heterocycles. The Hall–Kier alpha value is -1.11. The van der Waals surface area contributed by atoms with E-state index in [0.29, 0.717) is 18.0 Å². The molecule has 82 valence electrons. The summed E-state index contributed by atoms with van der Waals surface area (Å²) in [7, 11) is 1.72. The van der Waals surface area contributed by atoms with Gasteiger partial charge in [-0.1, -0.05) is 24.6 Å². The van der Waals surface area contributed by atoms with E-state index in [-0.39, 0.29) is 0 Å². The number of hydrogen-bond acceptors (Lipinski definition) is 5. The maximum Gasteiger partial charge on any atom is 0.320 e. The van der Waals surface area contributed by atoms with Crippen molar-refractivity contribution in [2.45, 2.75) is 35.6 Å². The van der Waals surface area contributed by atoms with E-state index in [2.05, 4.69) is 15.5 Å². The zero-order chi connectivity index (χ0) is 10.9. The number of aliphatic carboxylic acids is 1. The minimum atomic E-state index is -0.756. The third-order valence-electron chi connectivity index (χ3n) is 2.67. The van der Waals surface area contributed by atoms with Gasteiger partial charge in [-0.25, -0.2) is 4.68 Å². The summed E-state index contributed by atoms with van der Waals surface area (Å²) in [6.45, 7) is 0. The van der Waals surface area contributed by atoms with Gasteiger partial charge in [0.2, 0.25) is 5.16 Å². The Morgan fingerprint density at radius 2 is 2.20 bits per heavy atom. The lowest BCUT2D eigenvalue weighted by Gasteiger charge is -2.21. The highest BCUT2D eigenvalue weighted by molar-refractivity contribution is 8.01. The number of carboxylic acids is 1. The number of nitrogens with zero attached hydrogens (tertiary/aromatic N) is 4. The molecule has 15 heavy (non-hydrogen) atoms. The van der Waals surface area contributed by atoms with Gasteiger partial charge in [0.25, 0.3) is 0 Å². The second kappa shape index (κ2) is 3.80. The SMILES string of the molecule is Cn1nnnc1SC1(C(=O)O)CCCC1. The molecule has 0 atom stereocenters. The lowest BCUT2D eigenvalue weighted by Crippen LogP contribution is -2.31. The van der Waals surface area contributed by atoms with Crippen molar-refractivity contribution in [1.82, 2.24) is 20.2 Å². The molecule has 1 aromatic heterocycles. The molecule has 2 rings (SSSR count). The maximum absolute atomic E-state index is 11.3. The van der Waals surface area contributed by atoms with Crippen LogP contribution in [0.4, 0.5) is 0 Å². The van der Waals surface area contributed by atoms with Crippen LogP contribution in [0, 0.1) is 0 Å². The summed E-state index contributed by atoms with van der Waals surface area (Å²) >= 11 is 1.27. The van der Waals surface area contributed by atoms with E-state index in [9.17, 15) is 9.90 Å². The first-order valence-electron chi connectivity index (χ1n) is 4.79. The van der Waals surface area contributed by atoms with Crippen molar-refractivity contribution in [2.75, 3.05) is 0 Å². The average Bonchev–Trinajstić information content (AvgIpc) is 2.78. The highest BCUT2D eigenvalue weighted by atomic mass is 32.2. The number of aryl methyl sites for hydroxylation is 1. The molecule has 0 unspecified atom stereocenters. The molecule has 0 spiro atoms. The molecule has 0 aliphatic heterocycles. The average molecular weight is 228 g/mol. The Morgan fingerprint density at radius 1 is 1.53 bits per heavy atom. The van der Waals surface area contributed by atoms with Crippen molar-refractivity contribution >= 4 is 17.7 Å². The summed E-state index contributed by atoms with van der Waals surface area (Å²) in [5, 5.41) is 20.8. The van der Waals surface area contributed by atoms with Gasteiger partial charge in [0.15, 0.2) is 0 Å². The molecular weight excluding hydrogens is 216 g/mol. The van der Waals surface area contributed by atoms with Gasteiger partial charge in [-0.3, -0.25) is 4.79 Å². The normalized spacial score (nSPS) is 19.3. The second-order valence-corrected chi connectivity index (χ2v) is 5.04. The van der Waals surface area contributed by atoms with Crippen LogP contribution in [0.15, 0.2) is 5.16 Å². The first kappa shape index (κ1) is 10.4. The predicted octanol–water partition coefficient (Wildman–Crippen LogP) is 0.700. The summed E-state index contributed by atoms with van der Waals surface area (Å²) in [6.07, 6.45) is 3.31. The van der Waals surface area contributed by atoms with Crippen molar-refractivity contribution in [3.8, 4) is 0 Å². The Kier molecular flexibility index (Phi) is 2.64. The van der Waals surface area contributed by atoms with Crippen molar-refractivity contribution < 1.29 is 9.90 Å². The van der Waals surface area contributed by atoms with Crippen molar-refractivity contribution in [3.05, 3.63) is 0 Å². The number of thioether (sulfide) groups is 1. The van der Waals surface area contributed by atoms with E-state index in [0.717, 1.165) is 12.8 Å². The molecule has 1 heterocycles. The lowest BCUT2D eigenvalue weighted by atomic mass is 10.1. The van der Waals surface area contributed by atoms with Crippen molar-refractivity contribution in [2.24, 2.45) is 7.05 Å². The molecule has 1 aliphatic rings. The van der Waals surface area contributed by atoms with E-state index in [1.54, 1.807) is 7.05 Å². The Labute approximate surface area is 91.0 Å². The number of carboxylic acid groups (broad SMARTS) is 1. The number of tetrazole rings is 1. The van der Waals surface area contributed by atoms with Gasteiger partial charge in [-0.2, -0.15) is 0 Å². The van der Waals surface area contributed by atoms with Crippen LogP contribution in [0.2, 0.25) is 0 Å². The summed E-state index contributed by atoms with van der Waals surface area (Å²) in [4.78, 5) is 11.3. The molecule has 1 aromatic rings. The molecule has 1 N–H and O–H groups in total. The summed E-state index contributed by atoms with van der Waals surface area (Å²) in [6, 6.07) is 0. The first-order chi connectivity index (χ1) is 7.14. The van der Waals surface area contributed by atoms with E-state index < -0.39 is 10.7 Å². The van der Waals surface area contributed by atoms with Crippen LogP contribution in [0.5, 0.6) is 0 Å². The third kappa shape index (κ3) is 1.83. The monoisotopic (exact) mass is 228 g/mol. The van der Waals surface area contributed by atoms with E-state index in [1.165, 1.54) is 16.4 Å². The smallest absolute Gasteiger partial charge is 0.320 e. The van der Waals surface area contributed by atoms with Gasteiger partial charge in [-0.15, -0.1) is 5.10 Å². The second-order valence-electron chi connectivity index (χ2n) is 3.69. The van der Waals surface area contributed by atoms with E-state index in [4.69, 9.17) is 0 Å². The minimum Gasteiger partial charge on any atom is -0.480 e. The van der Waals surface area contributed by atoms with Gasteiger partial charge in [0.05, 0.1) is 0 Å². The fraction of sp³-hybridized carbons (Fsp3) is 0.750. The standard InChI is InChI=1S/C8H12N4O2S/c1-12-7(9-10-11-12)15-8(6(13)14)4-2-3-5-8/h2-5H2,1H3,(H,13,14). The first-order valence-corrected chi connectivity index (χ1v) is 5.60. The van der Waals surface area contributed by atoms with Gasteiger partial charge in [0.1, 0.15) is 4.75 Å². The summed E-state index contributed by atoms with van der Waals surface area (Å²) in [5.41, 5.74) is 0. The fourth-order valence-corrected chi connectivity index (χ4v) is 2.96. The van der Waals surface area contributed by atoms with Gasteiger partial charge < -0.3 is 5.11 Å². The molecule has 0 bridgehead atoms. The topological polar surface area (TPSA) is 80.9 Å². The van der Waals surface area contributed by atoms with Gasteiger partial charge in [-0.05, 0) is 23.3 Å². The largest absolute Gasteiger partial charge is 0.480 e. The minimum absolute atomic E-state index is 0.569. The molecule has 1 aliphatic carbocycles. The maximum atomic E-state index is 11.3. The number of carbonyl (C=O) groups is 1. The molecule has 0 amide bonds. The van der Waals surface area contributed by atoms with Crippen molar-refractivity contribution in [1.29, 1.82) is 0 Å². The highest BCUT2D eigenvalue weighted by Crippen LogP contribution is 2.44. The number of aromatic nitrogens is 4. The molecular formula is C8H12N4O2S. The molecule has 0 aromatic carbocycles. The zero-order valence-corrected chi connectivity index (χ0v) is 9.20. The van der Waals surface area contributed by atoms with Crippen LogP contribution < -0.4 is 0 Å². The van der Waals surface area contributed by atoms with Gasteiger partial charge in [0, 0.05) is 7.05 Å². The zero-order valence-electron chi connectivity index (χ0n) is 8.38. The fourth-order valence-electron chi connectivity index (χ4n) is 1.79. The molecule has 1 saturated carbocycles. The lowest BCUT2D eigenvalue weighted by molar-refractivity contribution is -0.139. The van der Waals surface area contributed by atoms with Crippen LogP contribution in [-0.2, 0) is 11.8 Å². The van der Waals surface area contributed by atoms with Crippen LogP contribution >= 0.6 is 11.8 Å². The van der Waals surface area contributed by atoms with Crippen LogP contribution in [-0.4, -0.2) is 36.0 Å². The van der Waals surface area contributed by atoms with Crippen molar-refractivity contribution in [3.63, 3.8) is 0 Å². The number of rotatable bonds is 3. The van der Waals surface area contributed by atoms with Gasteiger partial charge >= 0.3 is 5.97 Å². The Morgan fingerprint density at radius 3 is 2.67 bits per heavy atom. The highest BCUT2D eigenvalue weighted by Gasteiger charge is 2.43. The third-order valence-corrected chi connectivity index (χ3v) is 4.17.